The number of nitrogens with zero attached hydrogens (tertiary/aromatic N) is 3. The van der Waals surface area contributed by atoms with Gasteiger partial charge in [-0.1, -0.05) is 37.8 Å². The molecule has 1 atom stereocenters. The Kier molecular flexibility index (Phi) is 3.63. The smallest absolute Gasteiger partial charge is 0.0890 e. The Balaban J connectivity index is 1.63. The molecule has 0 unspecified atom stereocenters. The zero-order chi connectivity index (χ0) is 18.6. The van der Waals surface area contributed by atoms with Gasteiger partial charge in [0, 0.05) is 12.4 Å². The van der Waals surface area contributed by atoms with Gasteiger partial charge in [-0.15, -0.1) is 0 Å². The molecule has 2 aliphatic rings. The van der Waals surface area contributed by atoms with Gasteiger partial charge in [0.25, 0.3) is 0 Å². The van der Waals surface area contributed by atoms with Crippen LogP contribution in [0.1, 0.15) is 35.4 Å². The van der Waals surface area contributed by atoms with E-state index in [1.165, 1.54) is 27.7 Å². The van der Waals surface area contributed by atoms with Crippen LogP contribution in [-0.4, -0.2) is 23.0 Å². The zero-order valence-electron chi connectivity index (χ0n) is 16.3. The van der Waals surface area contributed by atoms with Crippen molar-refractivity contribution in [3.05, 3.63) is 71.3 Å². The SMILES string of the molecule is C[Si](C)(C)c1cnc2c(c1)CC[C@@]21CCc2ccc(-c3ccccn3)nc21. The van der Waals surface area contributed by atoms with E-state index >= 15 is 0 Å². The third-order valence-corrected chi connectivity index (χ3v) is 8.29. The molecular weight excluding hydrogens is 346 g/mol. The summed E-state index contributed by atoms with van der Waals surface area (Å²) in [6, 6.07) is 12.8. The first-order chi connectivity index (χ1) is 13.0. The highest BCUT2D eigenvalue weighted by molar-refractivity contribution is 6.88. The van der Waals surface area contributed by atoms with E-state index in [9.17, 15) is 0 Å². The first kappa shape index (κ1) is 16.8. The number of hydrogen-bond donors (Lipinski definition) is 0. The molecule has 4 heteroatoms. The number of hydrogen-bond acceptors (Lipinski definition) is 3. The molecule has 0 aliphatic heterocycles. The summed E-state index contributed by atoms with van der Waals surface area (Å²) < 4.78 is 0. The van der Waals surface area contributed by atoms with Gasteiger partial charge in [0.1, 0.15) is 0 Å². The van der Waals surface area contributed by atoms with Crippen molar-refractivity contribution in [2.45, 2.75) is 50.7 Å². The fourth-order valence-corrected chi connectivity index (χ4v) is 5.77. The first-order valence-corrected chi connectivity index (χ1v) is 13.4. The molecular formula is C23H25N3Si. The van der Waals surface area contributed by atoms with E-state index < -0.39 is 8.07 Å². The van der Waals surface area contributed by atoms with Gasteiger partial charge in [0.15, 0.2) is 0 Å². The standard InChI is InChI=1S/C23H25N3Si/c1-27(2,3)18-14-17-10-12-23(21(17)25-15-18)11-9-16-7-8-20(26-22(16)23)19-6-4-5-13-24-19/h4-8,13-15H,9-12H2,1-3H3/t23-/m0/s1. The summed E-state index contributed by atoms with van der Waals surface area (Å²) in [6.45, 7) is 7.19. The number of fused-ring (bicyclic) bond motifs is 4. The Morgan fingerprint density at radius 3 is 2.41 bits per heavy atom. The van der Waals surface area contributed by atoms with E-state index in [1.54, 1.807) is 0 Å². The molecule has 1 spiro atoms. The van der Waals surface area contributed by atoms with Crippen LogP contribution in [0.3, 0.4) is 0 Å². The summed E-state index contributed by atoms with van der Waals surface area (Å²) in [6.07, 6.45) is 8.48. The molecule has 0 aromatic carbocycles. The molecule has 0 amide bonds. The molecule has 0 saturated heterocycles. The van der Waals surface area contributed by atoms with Gasteiger partial charge >= 0.3 is 0 Å². The molecule has 0 fully saturated rings. The highest BCUT2D eigenvalue weighted by Gasteiger charge is 2.47. The summed E-state index contributed by atoms with van der Waals surface area (Å²) in [4.78, 5) is 14.7. The summed E-state index contributed by atoms with van der Waals surface area (Å²) in [5, 5.41) is 1.46. The van der Waals surface area contributed by atoms with E-state index in [-0.39, 0.29) is 5.41 Å². The van der Waals surface area contributed by atoms with Crippen LogP contribution in [0.25, 0.3) is 11.4 Å². The molecule has 27 heavy (non-hydrogen) atoms. The molecule has 3 aromatic rings. The van der Waals surface area contributed by atoms with Crippen LogP contribution >= 0.6 is 0 Å². The van der Waals surface area contributed by atoms with E-state index in [1.807, 2.05) is 24.4 Å². The molecule has 3 aromatic heterocycles. The van der Waals surface area contributed by atoms with E-state index in [0.29, 0.717) is 0 Å². The Morgan fingerprint density at radius 1 is 0.852 bits per heavy atom. The van der Waals surface area contributed by atoms with Crippen molar-refractivity contribution in [3.63, 3.8) is 0 Å². The lowest BCUT2D eigenvalue weighted by molar-refractivity contribution is 0.485. The van der Waals surface area contributed by atoms with Crippen molar-refractivity contribution in [1.29, 1.82) is 0 Å². The van der Waals surface area contributed by atoms with Gasteiger partial charge in [-0.25, -0.2) is 4.98 Å². The van der Waals surface area contributed by atoms with Crippen LogP contribution < -0.4 is 5.19 Å². The normalized spacial score (nSPS) is 20.7. The fraction of sp³-hybridized carbons (Fsp3) is 0.348. The van der Waals surface area contributed by atoms with Gasteiger partial charge in [-0.2, -0.15) is 0 Å². The maximum Gasteiger partial charge on any atom is 0.0890 e. The highest BCUT2D eigenvalue weighted by atomic mass is 28.3. The number of aromatic nitrogens is 3. The van der Waals surface area contributed by atoms with Crippen LogP contribution in [0.4, 0.5) is 0 Å². The molecule has 0 saturated carbocycles. The highest BCUT2D eigenvalue weighted by Crippen LogP contribution is 2.50. The second-order valence-electron chi connectivity index (χ2n) is 8.98. The minimum atomic E-state index is -1.34. The van der Waals surface area contributed by atoms with Crippen molar-refractivity contribution in [2.75, 3.05) is 0 Å². The molecule has 3 heterocycles. The van der Waals surface area contributed by atoms with Gasteiger partial charge in [-0.3, -0.25) is 9.97 Å². The number of aryl methyl sites for hydroxylation is 2. The van der Waals surface area contributed by atoms with Crippen molar-refractivity contribution >= 4 is 13.3 Å². The second-order valence-corrected chi connectivity index (χ2v) is 14.1. The van der Waals surface area contributed by atoms with Crippen molar-refractivity contribution in [1.82, 2.24) is 15.0 Å². The van der Waals surface area contributed by atoms with Gasteiger partial charge < -0.3 is 0 Å². The topological polar surface area (TPSA) is 38.7 Å². The maximum atomic E-state index is 5.14. The van der Waals surface area contributed by atoms with E-state index in [2.05, 4.69) is 49.0 Å². The van der Waals surface area contributed by atoms with Crippen molar-refractivity contribution in [2.24, 2.45) is 0 Å². The average molecular weight is 372 g/mol. The average Bonchev–Trinajstić information content (AvgIpc) is 3.24. The van der Waals surface area contributed by atoms with Crippen molar-refractivity contribution < 1.29 is 0 Å². The first-order valence-electron chi connectivity index (χ1n) is 9.89. The molecule has 3 nitrogen and oxygen atoms in total. The summed E-state index contributed by atoms with van der Waals surface area (Å²) in [5.74, 6) is 0. The molecule has 136 valence electrons. The Morgan fingerprint density at radius 2 is 1.67 bits per heavy atom. The van der Waals surface area contributed by atoms with Crippen LogP contribution in [0.2, 0.25) is 19.6 Å². The Bertz CT molecular complexity index is 1020. The maximum absolute atomic E-state index is 5.14. The lowest BCUT2D eigenvalue weighted by Gasteiger charge is -2.25. The Hall–Kier alpha value is -2.33. The molecule has 0 N–H and O–H groups in total. The molecule has 5 rings (SSSR count). The van der Waals surface area contributed by atoms with Crippen LogP contribution in [0, 0.1) is 0 Å². The molecule has 0 bridgehead atoms. The molecule has 0 radical (unpaired) electrons. The minimum Gasteiger partial charge on any atom is -0.260 e. The van der Waals surface area contributed by atoms with Gasteiger partial charge in [-0.05, 0) is 60.2 Å². The van der Waals surface area contributed by atoms with E-state index in [4.69, 9.17) is 9.97 Å². The van der Waals surface area contributed by atoms with E-state index in [0.717, 1.165) is 37.1 Å². The zero-order valence-corrected chi connectivity index (χ0v) is 17.3. The summed E-state index contributed by atoms with van der Waals surface area (Å²) in [5.41, 5.74) is 7.30. The van der Waals surface area contributed by atoms with Crippen LogP contribution in [0.5, 0.6) is 0 Å². The largest absolute Gasteiger partial charge is 0.260 e. The summed E-state index contributed by atoms with van der Waals surface area (Å²) in [7, 11) is -1.34. The minimum absolute atomic E-state index is 0.00737. The lowest BCUT2D eigenvalue weighted by Crippen LogP contribution is -2.38. The quantitative estimate of drug-likeness (QED) is 0.632. The van der Waals surface area contributed by atoms with Crippen LogP contribution in [-0.2, 0) is 18.3 Å². The van der Waals surface area contributed by atoms with Gasteiger partial charge in [0.2, 0.25) is 0 Å². The number of rotatable bonds is 2. The summed E-state index contributed by atoms with van der Waals surface area (Å²) >= 11 is 0. The van der Waals surface area contributed by atoms with Gasteiger partial charge in [0.05, 0.1) is 36.3 Å². The third kappa shape index (κ3) is 2.58. The predicted octanol–water partition coefficient (Wildman–Crippen LogP) is 4.26. The third-order valence-electron chi connectivity index (χ3n) is 6.29. The van der Waals surface area contributed by atoms with Crippen LogP contribution in [0.15, 0.2) is 48.8 Å². The second kappa shape index (κ2) is 5.83. The number of pyridine rings is 3. The molecule has 2 aliphatic carbocycles. The van der Waals surface area contributed by atoms with Crippen molar-refractivity contribution in [3.8, 4) is 11.4 Å². The monoisotopic (exact) mass is 371 g/mol. The fourth-order valence-electron chi connectivity index (χ4n) is 4.71. The Labute approximate surface area is 161 Å². The lowest BCUT2D eigenvalue weighted by atomic mass is 9.82. The predicted molar refractivity (Wildman–Crippen MR) is 112 cm³/mol.